The minimum Gasteiger partial charge on any atom is -0.391 e. The first kappa shape index (κ1) is 19.5. The summed E-state index contributed by atoms with van der Waals surface area (Å²) in [6.07, 6.45) is 1.52. The summed E-state index contributed by atoms with van der Waals surface area (Å²) in [5, 5.41) is 13.9. The Morgan fingerprint density at radius 1 is 1.36 bits per heavy atom. The molecule has 0 saturated heterocycles. The summed E-state index contributed by atoms with van der Waals surface area (Å²) in [5.74, 6) is -0.569. The lowest BCUT2D eigenvalue weighted by atomic mass is 10.2. The van der Waals surface area contributed by atoms with Gasteiger partial charge in [-0.1, -0.05) is 6.07 Å². The van der Waals surface area contributed by atoms with Gasteiger partial charge in [0.15, 0.2) is 11.6 Å². The number of hydrogen-bond donors (Lipinski definition) is 4. The van der Waals surface area contributed by atoms with Crippen molar-refractivity contribution < 1.29 is 22.5 Å². The molecule has 3 aromatic rings. The lowest BCUT2D eigenvalue weighted by molar-refractivity contribution is -0.122. The topological polar surface area (TPSA) is 188 Å². The largest absolute Gasteiger partial charge is 0.409 e. The number of carbonyl (C=O) groups excluding carboxylic acids is 1. The normalized spacial score (nSPS) is 13.8. The molecule has 0 aliphatic carbocycles. The van der Waals surface area contributed by atoms with Gasteiger partial charge in [0.1, 0.15) is 18.2 Å². The summed E-state index contributed by atoms with van der Waals surface area (Å²) >= 11 is 0. The smallest absolute Gasteiger partial charge is 0.391 e. The van der Waals surface area contributed by atoms with Crippen molar-refractivity contribution >= 4 is 32.9 Å². The molecule has 3 rings (SSSR count). The monoisotopic (exact) mass is 407 g/mol. The molecule has 0 fully saturated rings. The number of amides is 1. The third-order valence-electron chi connectivity index (χ3n) is 3.67. The molecule has 6 N–H and O–H groups in total. The van der Waals surface area contributed by atoms with Crippen LogP contribution in [0.4, 0.5) is 5.82 Å². The van der Waals surface area contributed by atoms with Crippen LogP contribution < -0.4 is 20.4 Å². The number of aliphatic hydroxyl groups excluding tert-OH is 1. The SMILES string of the molecule is C[C@@H](O)[C@H](N)C(=O)NS(=O)(=O)Oc1cccc2nn(-c3cc(N)ncn3)cc12. The number of anilines is 1. The highest BCUT2D eigenvalue weighted by molar-refractivity contribution is 7.85. The van der Waals surface area contributed by atoms with Gasteiger partial charge in [0.05, 0.1) is 17.0 Å². The number of carbonyl (C=O) groups is 1. The maximum Gasteiger partial charge on any atom is 0.409 e. The van der Waals surface area contributed by atoms with E-state index in [4.69, 9.17) is 15.7 Å². The molecule has 2 atom stereocenters. The predicted octanol–water partition coefficient (Wildman–Crippen LogP) is -1.15. The van der Waals surface area contributed by atoms with Gasteiger partial charge in [0, 0.05) is 12.3 Å². The van der Waals surface area contributed by atoms with Gasteiger partial charge in [-0.3, -0.25) is 4.79 Å². The summed E-state index contributed by atoms with van der Waals surface area (Å²) in [6, 6.07) is 4.61. The number of nitrogens with zero attached hydrogens (tertiary/aromatic N) is 4. The summed E-state index contributed by atoms with van der Waals surface area (Å²) in [6.45, 7) is 1.26. The zero-order chi connectivity index (χ0) is 20.5. The van der Waals surface area contributed by atoms with Crippen LogP contribution in [-0.4, -0.2) is 51.3 Å². The van der Waals surface area contributed by atoms with Gasteiger partial charge in [-0.05, 0) is 19.1 Å². The van der Waals surface area contributed by atoms with E-state index < -0.39 is 28.4 Å². The van der Waals surface area contributed by atoms with Gasteiger partial charge in [-0.15, -0.1) is 0 Å². The Labute approximate surface area is 159 Å². The van der Waals surface area contributed by atoms with E-state index in [9.17, 15) is 18.3 Å². The second kappa shape index (κ2) is 7.38. The number of nitrogens with one attached hydrogen (secondary N) is 1. The number of fused-ring (bicyclic) bond motifs is 1. The molecule has 148 valence electrons. The van der Waals surface area contributed by atoms with Gasteiger partial charge in [0.25, 0.3) is 5.91 Å². The Morgan fingerprint density at radius 3 is 2.79 bits per heavy atom. The average Bonchev–Trinajstić information content (AvgIpc) is 3.05. The molecule has 0 aliphatic heterocycles. The molecule has 2 heterocycles. The third-order valence-corrected chi connectivity index (χ3v) is 4.52. The van der Waals surface area contributed by atoms with Crippen molar-refractivity contribution in [2.75, 3.05) is 5.73 Å². The van der Waals surface area contributed by atoms with E-state index >= 15 is 0 Å². The van der Waals surface area contributed by atoms with Gasteiger partial charge < -0.3 is 20.8 Å². The molecule has 0 radical (unpaired) electrons. The molecule has 0 spiro atoms. The number of nitrogen functional groups attached to an aromatic ring is 1. The van der Waals surface area contributed by atoms with Crippen LogP contribution in [0, 0.1) is 0 Å². The molecular formula is C15H17N7O5S. The molecule has 28 heavy (non-hydrogen) atoms. The molecule has 1 amide bonds. The fourth-order valence-corrected chi connectivity index (χ4v) is 3.05. The molecular weight excluding hydrogens is 390 g/mol. The number of rotatable bonds is 6. The quantitative estimate of drug-likeness (QED) is 0.388. The standard InChI is InChI=1S/C15H17N7O5S/c1-8(23)14(17)15(24)21-28(25,26)27-11-4-2-3-10-9(11)6-22(20-10)13-5-12(16)18-7-19-13/h2-8,14,23H,17H2,1H3,(H,21,24)(H2,16,18,19)/t8-,14+/m1/s1. The number of aliphatic hydroxyl groups is 1. The molecule has 0 aliphatic rings. The highest BCUT2D eigenvalue weighted by Crippen LogP contribution is 2.26. The zero-order valence-electron chi connectivity index (χ0n) is 14.6. The second-order valence-corrected chi connectivity index (χ2v) is 7.11. The van der Waals surface area contributed by atoms with Crippen LogP contribution in [0.2, 0.25) is 0 Å². The lowest BCUT2D eigenvalue weighted by Gasteiger charge is -2.14. The minimum atomic E-state index is -4.54. The van der Waals surface area contributed by atoms with E-state index in [1.807, 2.05) is 0 Å². The summed E-state index contributed by atoms with van der Waals surface area (Å²) in [7, 11) is -4.54. The fourth-order valence-electron chi connectivity index (χ4n) is 2.24. The van der Waals surface area contributed by atoms with Gasteiger partial charge >= 0.3 is 10.3 Å². The van der Waals surface area contributed by atoms with E-state index in [-0.39, 0.29) is 11.6 Å². The van der Waals surface area contributed by atoms with Crippen LogP contribution in [0.5, 0.6) is 5.75 Å². The van der Waals surface area contributed by atoms with Crippen LogP contribution in [0.25, 0.3) is 16.7 Å². The second-order valence-electron chi connectivity index (χ2n) is 5.83. The van der Waals surface area contributed by atoms with Crippen molar-refractivity contribution in [3.05, 3.63) is 36.8 Å². The molecule has 1 aromatic carbocycles. The Bertz CT molecular complexity index is 1130. The number of aromatic nitrogens is 4. The lowest BCUT2D eigenvalue weighted by Crippen LogP contribution is -2.49. The van der Waals surface area contributed by atoms with Crippen LogP contribution in [0.15, 0.2) is 36.8 Å². The number of benzene rings is 1. The summed E-state index contributed by atoms with van der Waals surface area (Å²) < 4.78 is 32.3. The minimum absolute atomic E-state index is 0.0725. The van der Waals surface area contributed by atoms with Gasteiger partial charge in [-0.25, -0.2) is 19.4 Å². The highest BCUT2D eigenvalue weighted by Gasteiger charge is 2.25. The number of nitrogens with two attached hydrogens (primary N) is 2. The first-order chi connectivity index (χ1) is 13.2. The maximum absolute atomic E-state index is 12.1. The van der Waals surface area contributed by atoms with Crippen LogP contribution in [-0.2, 0) is 15.1 Å². The molecule has 13 heteroatoms. The van der Waals surface area contributed by atoms with Gasteiger partial charge in [-0.2, -0.15) is 13.5 Å². The number of hydrogen-bond acceptors (Lipinski definition) is 10. The van der Waals surface area contributed by atoms with Crippen LogP contribution in [0.3, 0.4) is 0 Å². The van der Waals surface area contributed by atoms with Crippen molar-refractivity contribution in [3.63, 3.8) is 0 Å². The molecule has 0 bridgehead atoms. The van der Waals surface area contributed by atoms with Crippen LogP contribution >= 0.6 is 0 Å². The van der Waals surface area contributed by atoms with E-state index in [0.29, 0.717) is 16.7 Å². The van der Waals surface area contributed by atoms with Crippen LogP contribution in [0.1, 0.15) is 6.92 Å². The Balaban J connectivity index is 1.90. The summed E-state index contributed by atoms with van der Waals surface area (Å²) in [4.78, 5) is 19.6. The van der Waals surface area contributed by atoms with Crippen molar-refractivity contribution in [1.82, 2.24) is 24.5 Å². The molecule has 12 nitrogen and oxygen atoms in total. The van der Waals surface area contributed by atoms with E-state index in [1.165, 1.54) is 42.3 Å². The van der Waals surface area contributed by atoms with E-state index in [2.05, 4.69) is 15.1 Å². The van der Waals surface area contributed by atoms with E-state index in [1.54, 1.807) is 10.8 Å². The zero-order valence-corrected chi connectivity index (χ0v) is 15.4. The molecule has 0 saturated carbocycles. The van der Waals surface area contributed by atoms with Crippen molar-refractivity contribution in [3.8, 4) is 11.6 Å². The fraction of sp³-hybridized carbons (Fsp3) is 0.200. The average molecular weight is 407 g/mol. The Morgan fingerprint density at radius 2 is 2.11 bits per heavy atom. The highest BCUT2D eigenvalue weighted by atomic mass is 32.2. The van der Waals surface area contributed by atoms with E-state index in [0.717, 1.165) is 0 Å². The molecule has 0 unspecified atom stereocenters. The van der Waals surface area contributed by atoms with Crippen molar-refractivity contribution in [1.29, 1.82) is 0 Å². The first-order valence-electron chi connectivity index (χ1n) is 7.92. The maximum atomic E-state index is 12.1. The summed E-state index contributed by atoms with van der Waals surface area (Å²) in [5.41, 5.74) is 11.5. The Kier molecular flexibility index (Phi) is 5.13. The Hall–Kier alpha value is -3.29. The van der Waals surface area contributed by atoms with Gasteiger partial charge in [0.2, 0.25) is 0 Å². The first-order valence-corrected chi connectivity index (χ1v) is 9.33. The van der Waals surface area contributed by atoms with Crippen molar-refractivity contribution in [2.24, 2.45) is 5.73 Å². The third kappa shape index (κ3) is 4.16. The predicted molar refractivity (Wildman–Crippen MR) is 98.4 cm³/mol. The molecule has 2 aromatic heterocycles. The van der Waals surface area contributed by atoms with Crippen molar-refractivity contribution in [2.45, 2.75) is 19.1 Å².